The van der Waals surface area contributed by atoms with E-state index in [1.54, 1.807) is 55.6 Å². The summed E-state index contributed by atoms with van der Waals surface area (Å²) in [6, 6.07) is 20.1. The lowest BCUT2D eigenvalue weighted by atomic mass is 9.97. The number of rotatable bonds is 10. The van der Waals surface area contributed by atoms with Gasteiger partial charge in [0.1, 0.15) is 23.9 Å². The fourth-order valence-electron chi connectivity index (χ4n) is 4.24. The number of ketones is 1. The molecule has 1 heterocycles. The van der Waals surface area contributed by atoms with Crippen molar-refractivity contribution in [1.29, 1.82) is 0 Å². The van der Waals surface area contributed by atoms with E-state index in [-0.39, 0.29) is 18.2 Å². The Hall–Kier alpha value is -4.53. The molecule has 9 nitrogen and oxygen atoms in total. The molecule has 0 bridgehead atoms. The molecule has 0 aliphatic heterocycles. The Morgan fingerprint density at radius 3 is 2.41 bits per heavy atom. The maximum atomic E-state index is 14.2. The molecule has 0 saturated heterocycles. The molecule has 1 N–H and O–H groups in total. The molecule has 9 heteroatoms. The van der Waals surface area contributed by atoms with Crippen molar-refractivity contribution in [3.05, 3.63) is 83.9 Å². The van der Waals surface area contributed by atoms with Gasteiger partial charge in [0.15, 0.2) is 5.78 Å². The highest BCUT2D eigenvalue weighted by Gasteiger charge is 2.35. The lowest BCUT2D eigenvalue weighted by Crippen LogP contribution is -2.51. The highest BCUT2D eigenvalue weighted by atomic mass is 16.5. The molecular weight excluding hydrogens is 494 g/mol. The molecule has 39 heavy (non-hydrogen) atoms. The second-order valence-corrected chi connectivity index (χ2v) is 10.0. The third-order valence-electron chi connectivity index (χ3n) is 6.79. The molecule has 2 amide bonds. The summed E-state index contributed by atoms with van der Waals surface area (Å²) in [4.78, 5) is 41.8. The van der Waals surface area contributed by atoms with E-state index in [0.29, 0.717) is 40.0 Å². The van der Waals surface area contributed by atoms with Gasteiger partial charge in [-0.15, -0.1) is 5.10 Å². The zero-order chi connectivity index (χ0) is 28.2. The number of aromatic nitrogens is 3. The fourth-order valence-corrected chi connectivity index (χ4v) is 4.24. The third-order valence-corrected chi connectivity index (χ3v) is 6.79. The average Bonchev–Trinajstić information content (AvgIpc) is 3.34. The normalized spacial score (nSPS) is 12.1. The van der Waals surface area contributed by atoms with Crippen LogP contribution < -0.4 is 15.0 Å². The van der Waals surface area contributed by atoms with E-state index in [2.05, 4.69) is 15.6 Å². The van der Waals surface area contributed by atoms with Crippen molar-refractivity contribution in [3.8, 4) is 5.75 Å². The Kier molecular flexibility index (Phi) is 8.09. The van der Waals surface area contributed by atoms with Crippen LogP contribution in [0.3, 0.4) is 0 Å². The van der Waals surface area contributed by atoms with Crippen LogP contribution in [0, 0.1) is 0 Å². The average molecular weight is 528 g/mol. The van der Waals surface area contributed by atoms with Gasteiger partial charge in [0.05, 0.1) is 12.6 Å². The van der Waals surface area contributed by atoms with Gasteiger partial charge >= 0.3 is 0 Å². The van der Waals surface area contributed by atoms with Crippen molar-refractivity contribution >= 4 is 34.3 Å². The standard InChI is InChI=1S/C30H33N5O4/c1-6-30(3,4)31-29(38)28(21-14-16-24(39-5)17-15-21)35(23-11-9-10-22(18-23)20(2)36)27(37)19-34-26-13-8-7-12-25(26)32-33-34/h7-18,28H,6,19H2,1-5H3,(H,31,38). The predicted octanol–water partition coefficient (Wildman–Crippen LogP) is 4.72. The van der Waals surface area contributed by atoms with Crippen LogP contribution >= 0.6 is 0 Å². The summed E-state index contributed by atoms with van der Waals surface area (Å²) in [6.45, 7) is 7.14. The Morgan fingerprint density at radius 1 is 1.03 bits per heavy atom. The lowest BCUT2D eigenvalue weighted by molar-refractivity contribution is -0.128. The monoisotopic (exact) mass is 527 g/mol. The Morgan fingerprint density at radius 2 is 1.74 bits per heavy atom. The van der Waals surface area contributed by atoms with Gasteiger partial charge in [-0.05, 0) is 69.2 Å². The molecule has 4 rings (SSSR count). The minimum absolute atomic E-state index is 0.149. The molecule has 4 aromatic rings. The molecule has 1 unspecified atom stereocenters. The van der Waals surface area contributed by atoms with Crippen molar-refractivity contribution in [1.82, 2.24) is 20.3 Å². The van der Waals surface area contributed by atoms with E-state index in [9.17, 15) is 14.4 Å². The number of carbonyl (C=O) groups excluding carboxylic acids is 3. The van der Waals surface area contributed by atoms with Gasteiger partial charge in [0.2, 0.25) is 11.8 Å². The number of benzene rings is 3. The maximum Gasteiger partial charge on any atom is 0.249 e. The van der Waals surface area contributed by atoms with Gasteiger partial charge in [-0.1, -0.05) is 48.5 Å². The largest absolute Gasteiger partial charge is 0.497 e. The van der Waals surface area contributed by atoms with Crippen LogP contribution in [0.5, 0.6) is 5.75 Å². The zero-order valence-electron chi connectivity index (χ0n) is 22.8. The van der Waals surface area contributed by atoms with Gasteiger partial charge in [-0.25, -0.2) is 4.68 Å². The highest BCUT2D eigenvalue weighted by molar-refractivity contribution is 6.03. The number of hydrogen-bond donors (Lipinski definition) is 1. The maximum absolute atomic E-state index is 14.2. The summed E-state index contributed by atoms with van der Waals surface area (Å²) in [6.07, 6.45) is 0.687. The molecule has 0 saturated carbocycles. The van der Waals surface area contributed by atoms with Crippen molar-refractivity contribution in [3.63, 3.8) is 0 Å². The minimum Gasteiger partial charge on any atom is -0.497 e. The topological polar surface area (TPSA) is 106 Å². The first kappa shape index (κ1) is 27.5. The minimum atomic E-state index is -1.04. The number of para-hydroxylation sites is 1. The van der Waals surface area contributed by atoms with Crippen molar-refractivity contribution in [2.75, 3.05) is 12.0 Å². The third kappa shape index (κ3) is 6.14. The fraction of sp³-hybridized carbons (Fsp3) is 0.300. The van der Waals surface area contributed by atoms with E-state index in [0.717, 1.165) is 0 Å². The van der Waals surface area contributed by atoms with E-state index < -0.39 is 17.5 Å². The van der Waals surface area contributed by atoms with Gasteiger partial charge in [-0.2, -0.15) is 0 Å². The summed E-state index contributed by atoms with van der Waals surface area (Å²) >= 11 is 0. The summed E-state index contributed by atoms with van der Waals surface area (Å²) in [5.41, 5.74) is 2.28. The first-order valence-electron chi connectivity index (χ1n) is 12.8. The summed E-state index contributed by atoms with van der Waals surface area (Å²) in [5, 5.41) is 11.4. The molecule has 0 fully saturated rings. The lowest BCUT2D eigenvalue weighted by Gasteiger charge is -2.35. The number of Topliss-reactive ketones (excluding diaryl/α,β-unsaturated/α-hetero) is 1. The summed E-state index contributed by atoms with van der Waals surface area (Å²) in [5.74, 6) is -0.268. The molecule has 3 aromatic carbocycles. The Balaban J connectivity index is 1.86. The number of ether oxygens (including phenoxy) is 1. The number of amides is 2. The van der Waals surface area contributed by atoms with Crippen molar-refractivity contribution in [2.45, 2.75) is 52.2 Å². The number of hydrogen-bond acceptors (Lipinski definition) is 6. The first-order chi connectivity index (χ1) is 18.6. The summed E-state index contributed by atoms with van der Waals surface area (Å²) in [7, 11) is 1.56. The molecule has 202 valence electrons. The zero-order valence-corrected chi connectivity index (χ0v) is 22.8. The smallest absolute Gasteiger partial charge is 0.249 e. The molecule has 0 radical (unpaired) electrons. The number of nitrogens with zero attached hydrogens (tertiary/aromatic N) is 4. The van der Waals surface area contributed by atoms with Crippen LogP contribution in [0.1, 0.15) is 56.1 Å². The van der Waals surface area contributed by atoms with Crippen LogP contribution in [-0.2, 0) is 16.1 Å². The quantitative estimate of drug-likeness (QED) is 0.299. The molecular formula is C30H33N5O4. The predicted molar refractivity (Wildman–Crippen MR) is 150 cm³/mol. The van der Waals surface area contributed by atoms with Crippen LogP contribution in [0.25, 0.3) is 11.0 Å². The van der Waals surface area contributed by atoms with Crippen molar-refractivity contribution in [2.24, 2.45) is 0 Å². The van der Waals surface area contributed by atoms with Gasteiger partial charge in [0.25, 0.3) is 0 Å². The number of methoxy groups -OCH3 is 1. The van der Waals surface area contributed by atoms with E-state index in [1.807, 2.05) is 45.0 Å². The Bertz CT molecular complexity index is 1490. The highest BCUT2D eigenvalue weighted by Crippen LogP contribution is 2.31. The van der Waals surface area contributed by atoms with Crippen LogP contribution in [0.2, 0.25) is 0 Å². The van der Waals surface area contributed by atoms with E-state index in [4.69, 9.17) is 4.74 Å². The number of nitrogens with one attached hydrogen (secondary N) is 1. The molecule has 1 aromatic heterocycles. The molecule has 0 aliphatic rings. The number of carbonyl (C=O) groups is 3. The summed E-state index contributed by atoms with van der Waals surface area (Å²) < 4.78 is 6.83. The van der Waals surface area contributed by atoms with E-state index in [1.165, 1.54) is 16.5 Å². The molecule has 0 spiro atoms. The Labute approximate surface area is 227 Å². The number of fused-ring (bicyclic) bond motifs is 1. The first-order valence-corrected chi connectivity index (χ1v) is 12.8. The van der Waals surface area contributed by atoms with Gasteiger partial charge in [0, 0.05) is 16.8 Å². The van der Waals surface area contributed by atoms with Crippen LogP contribution in [0.4, 0.5) is 5.69 Å². The second-order valence-electron chi connectivity index (χ2n) is 10.0. The molecule has 0 aliphatic carbocycles. The number of anilines is 1. The second kappa shape index (κ2) is 11.5. The van der Waals surface area contributed by atoms with Gasteiger partial charge < -0.3 is 10.1 Å². The van der Waals surface area contributed by atoms with Crippen molar-refractivity contribution < 1.29 is 19.1 Å². The van der Waals surface area contributed by atoms with Crippen LogP contribution in [0.15, 0.2) is 72.8 Å². The SMILES string of the molecule is CCC(C)(C)NC(=O)C(c1ccc(OC)cc1)N(C(=O)Cn1nnc2ccccc21)c1cccc(C(C)=O)c1. The molecule has 1 atom stereocenters. The van der Waals surface area contributed by atoms with E-state index >= 15 is 0 Å². The van der Waals surface area contributed by atoms with Gasteiger partial charge in [-0.3, -0.25) is 19.3 Å². The van der Waals surface area contributed by atoms with Crippen LogP contribution in [-0.4, -0.2) is 45.2 Å².